The summed E-state index contributed by atoms with van der Waals surface area (Å²) in [5.41, 5.74) is 11.2. The smallest absolute Gasteiger partial charge is 0.312 e. The van der Waals surface area contributed by atoms with Gasteiger partial charge in [0.2, 0.25) is 0 Å². The van der Waals surface area contributed by atoms with Crippen molar-refractivity contribution in [1.82, 2.24) is 20.0 Å². The zero-order valence-corrected chi connectivity index (χ0v) is 14.8. The normalized spacial score (nSPS) is 15.0. The van der Waals surface area contributed by atoms with Crippen LogP contribution in [-0.2, 0) is 0 Å². The highest BCUT2D eigenvalue weighted by Gasteiger charge is 2.14. The van der Waals surface area contributed by atoms with Crippen molar-refractivity contribution >= 4 is 11.6 Å². The van der Waals surface area contributed by atoms with Gasteiger partial charge in [0, 0.05) is 37.9 Å². The van der Waals surface area contributed by atoms with Crippen LogP contribution in [0, 0.1) is 13.8 Å². The fourth-order valence-electron chi connectivity index (χ4n) is 3.20. The lowest BCUT2D eigenvalue weighted by Crippen LogP contribution is -2.38. The molecule has 1 aromatic carbocycles. The lowest BCUT2D eigenvalue weighted by molar-refractivity contribution is 0.244. The number of benzene rings is 1. The standard InChI is InChI=1S/C19H25N5O/c1-14-3-4-18(15(2)11-14)24-13-17(12-22-24)16-5-8-23(9-6-16)10-7-21-19(20)25/h3-5,11-13H,6-10H2,1-2H3,(H3,20,21,25). The number of primary amides is 1. The molecule has 3 N–H and O–H groups in total. The van der Waals surface area contributed by atoms with Gasteiger partial charge in [-0.3, -0.25) is 4.90 Å². The predicted octanol–water partition coefficient (Wildman–Crippen LogP) is 2.25. The molecule has 6 heteroatoms. The first-order chi connectivity index (χ1) is 12.0. The molecule has 3 rings (SSSR count). The molecular formula is C19H25N5O. The second kappa shape index (κ2) is 7.53. The van der Waals surface area contributed by atoms with Crippen LogP contribution in [-0.4, -0.2) is 46.9 Å². The number of amides is 2. The number of rotatable bonds is 5. The summed E-state index contributed by atoms with van der Waals surface area (Å²) < 4.78 is 1.95. The largest absolute Gasteiger partial charge is 0.352 e. The Morgan fingerprint density at radius 3 is 2.88 bits per heavy atom. The third kappa shape index (κ3) is 4.28. The van der Waals surface area contributed by atoms with Crippen LogP contribution in [0.5, 0.6) is 0 Å². The molecule has 2 amide bonds. The Balaban J connectivity index is 1.65. The number of aromatic nitrogens is 2. The van der Waals surface area contributed by atoms with E-state index in [1.54, 1.807) is 0 Å². The first-order valence-electron chi connectivity index (χ1n) is 8.60. The average Bonchev–Trinajstić information content (AvgIpc) is 3.05. The van der Waals surface area contributed by atoms with Crippen molar-refractivity contribution in [2.24, 2.45) is 5.73 Å². The van der Waals surface area contributed by atoms with Crippen molar-refractivity contribution in [3.8, 4) is 5.69 Å². The van der Waals surface area contributed by atoms with Gasteiger partial charge in [-0.2, -0.15) is 5.10 Å². The van der Waals surface area contributed by atoms with E-state index < -0.39 is 6.03 Å². The summed E-state index contributed by atoms with van der Waals surface area (Å²) in [7, 11) is 0. The van der Waals surface area contributed by atoms with Crippen molar-refractivity contribution in [1.29, 1.82) is 0 Å². The number of nitrogens with two attached hydrogens (primary N) is 1. The number of nitrogens with one attached hydrogen (secondary N) is 1. The van der Waals surface area contributed by atoms with E-state index in [0.29, 0.717) is 6.54 Å². The number of aryl methyl sites for hydroxylation is 2. The summed E-state index contributed by atoms with van der Waals surface area (Å²) in [6.45, 7) is 7.47. The third-order valence-electron chi connectivity index (χ3n) is 4.57. The number of carbonyl (C=O) groups excluding carboxylic acids is 1. The SMILES string of the molecule is Cc1ccc(-n2cc(C3=CCN(CCNC(N)=O)CC3)cn2)c(C)c1. The van der Waals surface area contributed by atoms with Crippen LogP contribution in [0.2, 0.25) is 0 Å². The van der Waals surface area contributed by atoms with Gasteiger partial charge in [0.1, 0.15) is 0 Å². The molecule has 132 valence electrons. The number of carbonyl (C=O) groups is 1. The molecule has 25 heavy (non-hydrogen) atoms. The molecule has 1 aromatic heterocycles. The number of urea groups is 1. The Morgan fingerprint density at radius 1 is 1.36 bits per heavy atom. The monoisotopic (exact) mass is 339 g/mol. The minimum Gasteiger partial charge on any atom is -0.352 e. The molecular weight excluding hydrogens is 314 g/mol. The minimum atomic E-state index is -0.466. The van der Waals surface area contributed by atoms with Gasteiger partial charge in [0.05, 0.1) is 11.9 Å². The molecule has 0 fully saturated rings. The van der Waals surface area contributed by atoms with Crippen LogP contribution in [0.1, 0.15) is 23.1 Å². The summed E-state index contributed by atoms with van der Waals surface area (Å²) in [6, 6.07) is 5.94. The molecule has 2 heterocycles. The summed E-state index contributed by atoms with van der Waals surface area (Å²) in [6.07, 6.45) is 7.27. The van der Waals surface area contributed by atoms with Gasteiger partial charge in [-0.25, -0.2) is 9.48 Å². The number of nitrogens with zero attached hydrogens (tertiary/aromatic N) is 3. The Labute approximate surface area is 148 Å². The van der Waals surface area contributed by atoms with Crippen molar-refractivity contribution in [3.05, 3.63) is 53.4 Å². The van der Waals surface area contributed by atoms with E-state index in [1.165, 1.54) is 22.3 Å². The summed E-state index contributed by atoms with van der Waals surface area (Å²) in [4.78, 5) is 13.0. The predicted molar refractivity (Wildman–Crippen MR) is 99.7 cm³/mol. The van der Waals surface area contributed by atoms with Gasteiger partial charge in [0.25, 0.3) is 0 Å². The molecule has 0 radical (unpaired) electrons. The first kappa shape index (κ1) is 17.2. The molecule has 0 saturated heterocycles. The second-order valence-corrected chi connectivity index (χ2v) is 6.53. The maximum Gasteiger partial charge on any atom is 0.312 e. The Hall–Kier alpha value is -2.60. The van der Waals surface area contributed by atoms with Crippen LogP contribution >= 0.6 is 0 Å². The minimum absolute atomic E-state index is 0.466. The highest BCUT2D eigenvalue weighted by Crippen LogP contribution is 2.23. The molecule has 0 atom stereocenters. The third-order valence-corrected chi connectivity index (χ3v) is 4.57. The Kier molecular flexibility index (Phi) is 5.19. The van der Waals surface area contributed by atoms with Crippen molar-refractivity contribution < 1.29 is 4.79 Å². The molecule has 0 unspecified atom stereocenters. The molecule has 6 nitrogen and oxygen atoms in total. The maximum absolute atomic E-state index is 10.7. The molecule has 2 aromatic rings. The van der Waals surface area contributed by atoms with Crippen molar-refractivity contribution in [3.63, 3.8) is 0 Å². The topological polar surface area (TPSA) is 76.2 Å². The lowest BCUT2D eigenvalue weighted by Gasteiger charge is -2.25. The van der Waals surface area contributed by atoms with Crippen LogP contribution < -0.4 is 11.1 Å². The van der Waals surface area contributed by atoms with Gasteiger partial charge in [-0.05, 0) is 37.5 Å². The van der Waals surface area contributed by atoms with Crippen LogP contribution in [0.4, 0.5) is 4.79 Å². The zero-order chi connectivity index (χ0) is 17.8. The van der Waals surface area contributed by atoms with E-state index in [0.717, 1.165) is 31.7 Å². The molecule has 0 saturated carbocycles. The van der Waals surface area contributed by atoms with E-state index in [4.69, 9.17) is 5.73 Å². The lowest BCUT2D eigenvalue weighted by atomic mass is 10.0. The zero-order valence-electron chi connectivity index (χ0n) is 14.8. The average molecular weight is 339 g/mol. The molecule has 0 spiro atoms. The molecule has 0 bridgehead atoms. The van der Waals surface area contributed by atoms with E-state index >= 15 is 0 Å². The molecule has 0 aliphatic carbocycles. The maximum atomic E-state index is 10.7. The fraction of sp³-hybridized carbons (Fsp3) is 0.368. The van der Waals surface area contributed by atoms with Crippen molar-refractivity contribution in [2.75, 3.05) is 26.2 Å². The summed E-state index contributed by atoms with van der Waals surface area (Å²) in [5, 5.41) is 7.17. The van der Waals surface area contributed by atoms with Crippen molar-refractivity contribution in [2.45, 2.75) is 20.3 Å². The van der Waals surface area contributed by atoms with Crippen LogP contribution in [0.15, 0.2) is 36.7 Å². The van der Waals surface area contributed by atoms with Gasteiger partial charge >= 0.3 is 6.03 Å². The summed E-state index contributed by atoms with van der Waals surface area (Å²) >= 11 is 0. The number of hydrogen-bond acceptors (Lipinski definition) is 3. The second-order valence-electron chi connectivity index (χ2n) is 6.53. The highest BCUT2D eigenvalue weighted by molar-refractivity contribution is 5.71. The van der Waals surface area contributed by atoms with E-state index in [9.17, 15) is 4.79 Å². The van der Waals surface area contributed by atoms with Gasteiger partial charge in [-0.1, -0.05) is 23.8 Å². The van der Waals surface area contributed by atoms with Crippen LogP contribution in [0.3, 0.4) is 0 Å². The first-order valence-corrected chi connectivity index (χ1v) is 8.60. The van der Waals surface area contributed by atoms with E-state index in [1.807, 2.05) is 10.9 Å². The fourth-order valence-corrected chi connectivity index (χ4v) is 3.20. The Morgan fingerprint density at radius 2 is 2.20 bits per heavy atom. The van der Waals surface area contributed by atoms with Gasteiger partial charge in [0.15, 0.2) is 0 Å². The van der Waals surface area contributed by atoms with Crippen LogP contribution in [0.25, 0.3) is 11.3 Å². The van der Waals surface area contributed by atoms with E-state index in [-0.39, 0.29) is 0 Å². The van der Waals surface area contributed by atoms with Gasteiger partial charge < -0.3 is 11.1 Å². The van der Waals surface area contributed by atoms with E-state index in [2.05, 4.69) is 59.6 Å². The highest BCUT2D eigenvalue weighted by atomic mass is 16.2. The molecule has 1 aliphatic heterocycles. The van der Waals surface area contributed by atoms with Gasteiger partial charge in [-0.15, -0.1) is 0 Å². The summed E-state index contributed by atoms with van der Waals surface area (Å²) in [5.74, 6) is 0. The Bertz CT molecular complexity index is 793. The number of hydrogen-bond donors (Lipinski definition) is 2. The molecule has 1 aliphatic rings. The quantitative estimate of drug-likeness (QED) is 0.877.